The molecule has 0 radical (unpaired) electrons. The molecule has 0 saturated heterocycles. The van der Waals surface area contributed by atoms with Crippen molar-refractivity contribution in [3.8, 4) is 0 Å². The first-order valence-electron chi connectivity index (χ1n) is 4.99. The quantitative estimate of drug-likeness (QED) is 0.741. The maximum absolute atomic E-state index is 13.3. The van der Waals surface area contributed by atoms with E-state index in [2.05, 4.69) is 0 Å². The predicted octanol–water partition coefficient (Wildman–Crippen LogP) is 3.62. The molecule has 0 amide bonds. The van der Waals surface area contributed by atoms with Crippen LogP contribution < -0.4 is 0 Å². The average molecular weight is 234 g/mol. The zero-order valence-corrected chi connectivity index (χ0v) is 9.68. The van der Waals surface area contributed by atoms with Crippen molar-refractivity contribution in [3.63, 3.8) is 0 Å². The van der Waals surface area contributed by atoms with E-state index in [0.29, 0.717) is 11.1 Å². The van der Waals surface area contributed by atoms with Gasteiger partial charge in [-0.3, -0.25) is 4.79 Å². The minimum Gasteiger partial charge on any atom is -0.294 e. The summed E-state index contributed by atoms with van der Waals surface area (Å²) < 4.78 is 13.3. The lowest BCUT2D eigenvalue weighted by Crippen LogP contribution is -2.05. The fraction of sp³-hybridized carbons (Fsp3) is 0.154. The van der Waals surface area contributed by atoms with Crippen LogP contribution in [-0.4, -0.2) is 5.78 Å². The topological polar surface area (TPSA) is 17.1 Å². The molecule has 0 N–H and O–H groups in total. The van der Waals surface area contributed by atoms with Crippen molar-refractivity contribution in [2.75, 3.05) is 0 Å². The number of rotatable bonds is 3. The van der Waals surface area contributed by atoms with Crippen LogP contribution in [0.3, 0.4) is 0 Å². The Morgan fingerprint density at radius 3 is 2.69 bits per heavy atom. The molecule has 2 rings (SSSR count). The Morgan fingerprint density at radius 2 is 2.06 bits per heavy atom. The number of hydrogen-bond acceptors (Lipinski definition) is 2. The summed E-state index contributed by atoms with van der Waals surface area (Å²) in [4.78, 5) is 12.9. The normalized spacial score (nSPS) is 10.4. The van der Waals surface area contributed by atoms with Crippen LogP contribution in [0.5, 0.6) is 0 Å². The Labute approximate surface area is 97.6 Å². The van der Waals surface area contributed by atoms with Gasteiger partial charge in [-0.15, -0.1) is 11.3 Å². The van der Waals surface area contributed by atoms with Crippen LogP contribution in [0, 0.1) is 12.7 Å². The van der Waals surface area contributed by atoms with Gasteiger partial charge >= 0.3 is 0 Å². The third-order valence-corrected chi connectivity index (χ3v) is 3.31. The summed E-state index contributed by atoms with van der Waals surface area (Å²) in [5.41, 5.74) is 1.16. The average Bonchev–Trinajstić information content (AvgIpc) is 2.68. The van der Waals surface area contributed by atoms with E-state index in [0.717, 1.165) is 4.88 Å². The molecular weight excluding hydrogens is 223 g/mol. The Kier molecular flexibility index (Phi) is 3.15. The van der Waals surface area contributed by atoms with Gasteiger partial charge < -0.3 is 0 Å². The maximum atomic E-state index is 13.3. The first-order chi connectivity index (χ1) is 7.68. The molecule has 0 aliphatic rings. The first-order valence-corrected chi connectivity index (χ1v) is 5.87. The molecule has 0 aliphatic heterocycles. The molecule has 0 saturated carbocycles. The van der Waals surface area contributed by atoms with Crippen molar-refractivity contribution in [2.24, 2.45) is 0 Å². The Balaban J connectivity index is 2.21. The third kappa shape index (κ3) is 2.19. The van der Waals surface area contributed by atoms with E-state index in [1.54, 1.807) is 24.3 Å². The second kappa shape index (κ2) is 4.58. The number of aryl methyl sites for hydroxylation is 1. The minimum absolute atomic E-state index is 0.0242. The molecule has 0 spiro atoms. The number of halogens is 1. The summed E-state index contributed by atoms with van der Waals surface area (Å²) in [5.74, 6) is -0.340. The second-order valence-electron chi connectivity index (χ2n) is 3.58. The van der Waals surface area contributed by atoms with Crippen LogP contribution in [0.2, 0.25) is 0 Å². The highest BCUT2D eigenvalue weighted by molar-refractivity contribution is 7.10. The summed E-state index contributed by atoms with van der Waals surface area (Å²) in [6.45, 7) is 1.90. The minimum atomic E-state index is -0.316. The number of ketones is 1. The van der Waals surface area contributed by atoms with Crippen LogP contribution in [0.15, 0.2) is 35.7 Å². The Bertz CT molecular complexity index is 516. The van der Waals surface area contributed by atoms with Gasteiger partial charge in [0.15, 0.2) is 5.78 Å². The summed E-state index contributed by atoms with van der Waals surface area (Å²) in [6.07, 6.45) is 0.129. The van der Waals surface area contributed by atoms with Crippen molar-refractivity contribution in [3.05, 3.63) is 57.5 Å². The number of carbonyl (C=O) groups is 1. The second-order valence-corrected chi connectivity index (χ2v) is 4.70. The highest BCUT2D eigenvalue weighted by atomic mass is 32.1. The van der Waals surface area contributed by atoms with Crippen molar-refractivity contribution in [1.82, 2.24) is 0 Å². The molecule has 1 nitrogen and oxygen atoms in total. The summed E-state index contributed by atoms with van der Waals surface area (Å²) in [5, 5.41) is 1.88. The van der Waals surface area contributed by atoms with E-state index in [1.807, 2.05) is 12.3 Å². The number of hydrogen-bond donors (Lipinski definition) is 0. The van der Waals surface area contributed by atoms with Gasteiger partial charge in [-0.2, -0.15) is 0 Å². The SMILES string of the molecule is Cc1sccc1C(=O)Cc1ccccc1F. The van der Waals surface area contributed by atoms with Crippen LogP contribution >= 0.6 is 11.3 Å². The zero-order valence-electron chi connectivity index (χ0n) is 8.87. The lowest BCUT2D eigenvalue weighted by atomic mass is 10.0. The maximum Gasteiger partial charge on any atom is 0.168 e. The fourth-order valence-corrected chi connectivity index (χ4v) is 2.30. The highest BCUT2D eigenvalue weighted by Crippen LogP contribution is 2.18. The molecule has 82 valence electrons. The van der Waals surface area contributed by atoms with Crippen molar-refractivity contribution < 1.29 is 9.18 Å². The van der Waals surface area contributed by atoms with Gasteiger partial charge in [0.25, 0.3) is 0 Å². The molecule has 3 heteroatoms. The van der Waals surface area contributed by atoms with Crippen molar-refractivity contribution >= 4 is 17.1 Å². The van der Waals surface area contributed by atoms with Crippen LogP contribution in [-0.2, 0) is 6.42 Å². The lowest BCUT2D eigenvalue weighted by Gasteiger charge is -2.02. The third-order valence-electron chi connectivity index (χ3n) is 2.47. The van der Waals surface area contributed by atoms with Crippen LogP contribution in [0.4, 0.5) is 4.39 Å². The van der Waals surface area contributed by atoms with E-state index < -0.39 is 0 Å². The molecule has 1 heterocycles. The van der Waals surface area contributed by atoms with E-state index >= 15 is 0 Å². The first kappa shape index (κ1) is 11.0. The van der Waals surface area contributed by atoms with Crippen molar-refractivity contribution in [1.29, 1.82) is 0 Å². The molecule has 1 aromatic carbocycles. The predicted molar refractivity (Wildman–Crippen MR) is 63.5 cm³/mol. The standard InChI is InChI=1S/C13H11FOS/c1-9-11(6-7-16-9)13(15)8-10-4-2-3-5-12(10)14/h2-7H,8H2,1H3. The monoisotopic (exact) mass is 234 g/mol. The molecule has 0 bridgehead atoms. The van der Waals surface area contributed by atoms with Gasteiger partial charge in [0, 0.05) is 16.9 Å². The number of benzene rings is 1. The summed E-state index contributed by atoms with van der Waals surface area (Å²) in [6, 6.07) is 8.19. The van der Waals surface area contributed by atoms with Crippen LogP contribution in [0.1, 0.15) is 20.8 Å². The molecule has 0 aliphatic carbocycles. The molecule has 0 unspecified atom stereocenters. The molecule has 1 aromatic heterocycles. The number of thiophene rings is 1. The van der Waals surface area contributed by atoms with Gasteiger partial charge in [-0.1, -0.05) is 18.2 Å². The van der Waals surface area contributed by atoms with Crippen molar-refractivity contribution in [2.45, 2.75) is 13.3 Å². The Morgan fingerprint density at radius 1 is 1.31 bits per heavy atom. The molecular formula is C13H11FOS. The van der Waals surface area contributed by atoms with E-state index in [1.165, 1.54) is 17.4 Å². The molecule has 0 fully saturated rings. The molecule has 0 atom stereocenters. The van der Waals surface area contributed by atoms with Gasteiger partial charge in [0.05, 0.1) is 0 Å². The number of carbonyl (C=O) groups excluding carboxylic acids is 1. The van der Waals surface area contributed by atoms with Gasteiger partial charge in [0.2, 0.25) is 0 Å². The zero-order chi connectivity index (χ0) is 11.5. The van der Waals surface area contributed by atoms with E-state index in [9.17, 15) is 9.18 Å². The highest BCUT2D eigenvalue weighted by Gasteiger charge is 2.12. The molecule has 16 heavy (non-hydrogen) atoms. The fourth-order valence-electron chi connectivity index (χ4n) is 1.58. The summed E-state index contributed by atoms with van der Waals surface area (Å²) in [7, 11) is 0. The van der Waals surface area contributed by atoms with E-state index in [4.69, 9.17) is 0 Å². The largest absolute Gasteiger partial charge is 0.294 e. The number of Topliss-reactive ketones (excluding diaryl/α,β-unsaturated/α-hetero) is 1. The summed E-state index contributed by atoms with van der Waals surface area (Å²) >= 11 is 1.53. The van der Waals surface area contributed by atoms with Crippen LogP contribution in [0.25, 0.3) is 0 Å². The lowest BCUT2D eigenvalue weighted by molar-refractivity contribution is 0.0992. The smallest absolute Gasteiger partial charge is 0.168 e. The van der Waals surface area contributed by atoms with E-state index in [-0.39, 0.29) is 18.0 Å². The van der Waals surface area contributed by atoms with Gasteiger partial charge in [-0.25, -0.2) is 4.39 Å². The Hall–Kier alpha value is -1.48. The molecule has 2 aromatic rings. The van der Waals surface area contributed by atoms with Gasteiger partial charge in [-0.05, 0) is 30.0 Å². The van der Waals surface area contributed by atoms with Gasteiger partial charge in [0.1, 0.15) is 5.82 Å².